The van der Waals surface area contributed by atoms with Crippen LogP contribution >= 0.6 is 0 Å². The number of aromatic carboxylic acids is 1. The summed E-state index contributed by atoms with van der Waals surface area (Å²) in [5.74, 6) is -0.151. The molecule has 1 saturated carbocycles. The van der Waals surface area contributed by atoms with Gasteiger partial charge in [0.15, 0.2) is 0 Å². The number of carboxylic acid groups (broad SMARTS) is 1. The molecule has 0 spiro atoms. The van der Waals surface area contributed by atoms with E-state index in [4.69, 9.17) is 10.8 Å². The number of anilines is 2. The Balaban J connectivity index is 1.85. The fraction of sp³-hybridized carbons (Fsp3) is 0.533. The molecule has 1 aliphatic carbocycles. The Morgan fingerprint density at radius 1 is 1.32 bits per heavy atom. The van der Waals surface area contributed by atoms with Crippen LogP contribution in [0.15, 0.2) is 18.2 Å². The van der Waals surface area contributed by atoms with Crippen LogP contribution in [0.5, 0.6) is 0 Å². The van der Waals surface area contributed by atoms with Crippen molar-refractivity contribution in [3.8, 4) is 0 Å². The fourth-order valence-electron chi connectivity index (χ4n) is 2.75. The van der Waals surface area contributed by atoms with Crippen LogP contribution in [-0.4, -0.2) is 17.6 Å². The first kappa shape index (κ1) is 13.7. The van der Waals surface area contributed by atoms with Crippen molar-refractivity contribution in [2.24, 2.45) is 5.92 Å². The minimum Gasteiger partial charge on any atom is -0.478 e. The van der Waals surface area contributed by atoms with E-state index in [1.807, 2.05) is 6.07 Å². The van der Waals surface area contributed by atoms with E-state index in [1.54, 1.807) is 12.1 Å². The van der Waals surface area contributed by atoms with Gasteiger partial charge >= 0.3 is 5.97 Å². The van der Waals surface area contributed by atoms with Crippen molar-refractivity contribution in [2.75, 3.05) is 17.6 Å². The van der Waals surface area contributed by atoms with Gasteiger partial charge in [0.1, 0.15) is 0 Å². The Labute approximate surface area is 114 Å². The molecule has 0 heterocycles. The standard InChI is InChI=1S/C15H22N2O2/c16-14-7-6-12(10-13(14)15(18)19)17-9-8-11-4-2-1-3-5-11/h6-7,10-11,17H,1-5,8-9,16H2,(H,18,19). The molecule has 1 aliphatic rings. The Bertz CT molecular complexity index is 440. The first-order chi connectivity index (χ1) is 9.16. The molecule has 1 fully saturated rings. The van der Waals surface area contributed by atoms with Crippen molar-refractivity contribution >= 4 is 17.3 Å². The van der Waals surface area contributed by atoms with Crippen LogP contribution < -0.4 is 11.1 Å². The highest BCUT2D eigenvalue weighted by Crippen LogP contribution is 2.26. The average Bonchev–Trinajstić information content (AvgIpc) is 2.41. The zero-order chi connectivity index (χ0) is 13.7. The summed E-state index contributed by atoms with van der Waals surface area (Å²) >= 11 is 0. The number of carbonyl (C=O) groups is 1. The Hall–Kier alpha value is -1.71. The highest BCUT2D eigenvalue weighted by atomic mass is 16.4. The van der Waals surface area contributed by atoms with Crippen molar-refractivity contribution in [3.63, 3.8) is 0 Å². The summed E-state index contributed by atoms with van der Waals surface area (Å²) in [4.78, 5) is 11.0. The Morgan fingerprint density at radius 2 is 2.05 bits per heavy atom. The van der Waals surface area contributed by atoms with Crippen LogP contribution in [0.1, 0.15) is 48.9 Å². The predicted octanol–water partition coefficient (Wildman–Crippen LogP) is 3.35. The lowest BCUT2D eigenvalue weighted by Gasteiger charge is -2.21. The van der Waals surface area contributed by atoms with Crippen molar-refractivity contribution in [2.45, 2.75) is 38.5 Å². The second kappa shape index (κ2) is 6.45. The third-order valence-corrected chi connectivity index (χ3v) is 3.89. The van der Waals surface area contributed by atoms with E-state index in [2.05, 4.69) is 5.32 Å². The molecule has 0 saturated heterocycles. The summed E-state index contributed by atoms with van der Waals surface area (Å²) in [5.41, 5.74) is 6.94. The first-order valence-corrected chi connectivity index (χ1v) is 7.03. The van der Waals surface area contributed by atoms with Crippen molar-refractivity contribution in [3.05, 3.63) is 23.8 Å². The Morgan fingerprint density at radius 3 is 2.74 bits per heavy atom. The highest BCUT2D eigenvalue weighted by molar-refractivity contribution is 5.94. The summed E-state index contributed by atoms with van der Waals surface area (Å²) in [6.07, 6.45) is 7.93. The topological polar surface area (TPSA) is 75.3 Å². The SMILES string of the molecule is Nc1ccc(NCCC2CCCCC2)cc1C(=O)O. The highest BCUT2D eigenvalue weighted by Gasteiger charge is 2.13. The maximum atomic E-state index is 11.0. The molecule has 4 heteroatoms. The molecule has 0 atom stereocenters. The lowest BCUT2D eigenvalue weighted by molar-refractivity contribution is 0.0698. The molecule has 0 amide bonds. The van der Waals surface area contributed by atoms with Crippen LogP contribution in [0, 0.1) is 5.92 Å². The third-order valence-electron chi connectivity index (χ3n) is 3.89. The number of nitrogens with one attached hydrogen (secondary N) is 1. The lowest BCUT2D eigenvalue weighted by Crippen LogP contribution is -2.12. The molecule has 0 unspecified atom stereocenters. The van der Waals surface area contributed by atoms with Gasteiger partial charge in [-0.25, -0.2) is 4.79 Å². The van der Waals surface area contributed by atoms with Crippen molar-refractivity contribution in [1.29, 1.82) is 0 Å². The maximum Gasteiger partial charge on any atom is 0.337 e. The number of nitrogen functional groups attached to an aromatic ring is 1. The van der Waals surface area contributed by atoms with Crippen LogP contribution in [0.4, 0.5) is 11.4 Å². The number of carboxylic acids is 1. The largest absolute Gasteiger partial charge is 0.478 e. The van der Waals surface area contributed by atoms with E-state index in [0.717, 1.165) is 24.6 Å². The molecule has 0 aliphatic heterocycles. The molecule has 4 nitrogen and oxygen atoms in total. The zero-order valence-electron chi connectivity index (χ0n) is 11.2. The van der Waals surface area contributed by atoms with Gasteiger partial charge in [-0.3, -0.25) is 0 Å². The molecule has 4 N–H and O–H groups in total. The van der Waals surface area contributed by atoms with Gasteiger partial charge in [0, 0.05) is 17.9 Å². The number of benzene rings is 1. The molecule has 0 bridgehead atoms. The summed E-state index contributed by atoms with van der Waals surface area (Å²) in [7, 11) is 0. The minimum absolute atomic E-state index is 0.169. The van der Waals surface area contributed by atoms with E-state index in [-0.39, 0.29) is 5.56 Å². The molecule has 0 radical (unpaired) electrons. The summed E-state index contributed by atoms with van der Waals surface area (Å²) < 4.78 is 0. The van der Waals surface area contributed by atoms with E-state index in [9.17, 15) is 4.79 Å². The maximum absolute atomic E-state index is 11.0. The Kier molecular flexibility index (Phi) is 4.66. The second-order valence-corrected chi connectivity index (χ2v) is 5.33. The van der Waals surface area contributed by atoms with Gasteiger partial charge in [-0.15, -0.1) is 0 Å². The van der Waals surface area contributed by atoms with E-state index < -0.39 is 5.97 Å². The van der Waals surface area contributed by atoms with Crippen molar-refractivity contribution in [1.82, 2.24) is 0 Å². The van der Waals surface area contributed by atoms with Crippen LogP contribution in [0.2, 0.25) is 0 Å². The van der Waals surface area contributed by atoms with E-state index >= 15 is 0 Å². The number of rotatable bonds is 5. The van der Waals surface area contributed by atoms with Crippen molar-refractivity contribution < 1.29 is 9.90 Å². The van der Waals surface area contributed by atoms with Gasteiger partial charge in [-0.2, -0.15) is 0 Å². The van der Waals surface area contributed by atoms with Crippen LogP contribution in [-0.2, 0) is 0 Å². The molecule has 0 aromatic heterocycles. The van der Waals surface area contributed by atoms with Gasteiger partial charge in [0.05, 0.1) is 5.56 Å². The lowest BCUT2D eigenvalue weighted by atomic mass is 9.87. The number of hydrogen-bond donors (Lipinski definition) is 3. The molecule has 1 aromatic rings. The fourth-order valence-corrected chi connectivity index (χ4v) is 2.75. The number of hydrogen-bond acceptors (Lipinski definition) is 3. The van der Waals surface area contributed by atoms with Gasteiger partial charge in [0.2, 0.25) is 0 Å². The molecule has 2 rings (SSSR count). The normalized spacial score (nSPS) is 16.2. The van der Waals surface area contributed by atoms with Gasteiger partial charge in [-0.1, -0.05) is 32.1 Å². The van der Waals surface area contributed by atoms with E-state index in [0.29, 0.717) is 5.69 Å². The molecule has 19 heavy (non-hydrogen) atoms. The monoisotopic (exact) mass is 262 g/mol. The minimum atomic E-state index is -0.978. The van der Waals surface area contributed by atoms with Crippen LogP contribution in [0.3, 0.4) is 0 Å². The number of nitrogens with two attached hydrogens (primary N) is 1. The summed E-state index contributed by atoms with van der Waals surface area (Å²) in [6.45, 7) is 0.896. The van der Waals surface area contributed by atoms with Crippen LogP contribution in [0.25, 0.3) is 0 Å². The van der Waals surface area contributed by atoms with E-state index in [1.165, 1.54) is 32.1 Å². The summed E-state index contributed by atoms with van der Waals surface area (Å²) in [6, 6.07) is 5.09. The van der Waals surface area contributed by atoms with Gasteiger partial charge in [0.25, 0.3) is 0 Å². The molecule has 104 valence electrons. The second-order valence-electron chi connectivity index (χ2n) is 5.33. The zero-order valence-corrected chi connectivity index (χ0v) is 11.2. The first-order valence-electron chi connectivity index (χ1n) is 7.03. The molecule has 1 aromatic carbocycles. The van der Waals surface area contributed by atoms with Gasteiger partial charge < -0.3 is 16.2 Å². The summed E-state index contributed by atoms with van der Waals surface area (Å²) in [5, 5.41) is 12.3. The molecular formula is C15H22N2O2. The smallest absolute Gasteiger partial charge is 0.337 e. The average molecular weight is 262 g/mol. The van der Waals surface area contributed by atoms with Gasteiger partial charge in [-0.05, 0) is 30.5 Å². The third kappa shape index (κ3) is 3.88. The molecular weight excluding hydrogens is 240 g/mol. The predicted molar refractivity (Wildman–Crippen MR) is 77.5 cm³/mol. The quantitative estimate of drug-likeness (QED) is 0.711.